The molecule has 1 amide bonds. The number of nitrogens with one attached hydrogen (secondary N) is 1. The number of carbonyl (C=O) groups is 1. The van der Waals surface area contributed by atoms with Crippen LogP contribution in [0.1, 0.15) is 20.8 Å². The van der Waals surface area contributed by atoms with E-state index in [2.05, 4.69) is 24.1 Å². The molecule has 4 heteroatoms. The van der Waals surface area contributed by atoms with E-state index in [-0.39, 0.29) is 11.3 Å². The van der Waals surface area contributed by atoms with Crippen molar-refractivity contribution >= 4 is 5.91 Å². The Balaban J connectivity index is 2.40. The molecule has 1 aliphatic rings. The fraction of sp³-hybridized carbons (Fsp3) is 0.917. The summed E-state index contributed by atoms with van der Waals surface area (Å²) >= 11 is 0. The van der Waals surface area contributed by atoms with Gasteiger partial charge in [-0.15, -0.1) is 0 Å². The molecule has 0 bridgehead atoms. The van der Waals surface area contributed by atoms with Gasteiger partial charge in [-0.3, -0.25) is 4.79 Å². The van der Waals surface area contributed by atoms with Crippen molar-refractivity contribution in [1.29, 1.82) is 0 Å². The second kappa shape index (κ2) is 5.15. The zero-order valence-corrected chi connectivity index (χ0v) is 11.0. The molecular formula is C12H24N2O2. The highest BCUT2D eigenvalue weighted by Crippen LogP contribution is 2.26. The Morgan fingerprint density at radius 3 is 2.31 bits per heavy atom. The first-order chi connectivity index (χ1) is 7.37. The largest absolute Gasteiger partial charge is 0.379 e. The van der Waals surface area contributed by atoms with Crippen molar-refractivity contribution in [3.63, 3.8) is 0 Å². The van der Waals surface area contributed by atoms with Gasteiger partial charge < -0.3 is 15.0 Å². The van der Waals surface area contributed by atoms with Gasteiger partial charge in [0.1, 0.15) is 0 Å². The SMILES string of the molecule is CC(C)[C@H](CNC(=O)C1(C)COC1)N(C)C. The average molecular weight is 228 g/mol. The molecule has 4 nitrogen and oxygen atoms in total. The van der Waals surface area contributed by atoms with Crippen LogP contribution in [-0.4, -0.2) is 50.7 Å². The van der Waals surface area contributed by atoms with Crippen LogP contribution in [0.5, 0.6) is 0 Å². The van der Waals surface area contributed by atoms with Gasteiger partial charge >= 0.3 is 0 Å². The summed E-state index contributed by atoms with van der Waals surface area (Å²) in [6, 6.07) is 0.383. The summed E-state index contributed by atoms with van der Waals surface area (Å²) in [5.41, 5.74) is -0.298. The minimum absolute atomic E-state index is 0.117. The van der Waals surface area contributed by atoms with Gasteiger partial charge in [0.2, 0.25) is 5.91 Å². The van der Waals surface area contributed by atoms with Crippen LogP contribution in [0.25, 0.3) is 0 Å². The molecular weight excluding hydrogens is 204 g/mol. The molecule has 1 fully saturated rings. The second-order valence-corrected chi connectivity index (χ2v) is 5.54. The molecule has 94 valence electrons. The Morgan fingerprint density at radius 1 is 1.44 bits per heavy atom. The molecule has 0 unspecified atom stereocenters. The van der Waals surface area contributed by atoms with Crippen LogP contribution in [0.15, 0.2) is 0 Å². The molecule has 1 saturated heterocycles. The molecule has 0 saturated carbocycles. The molecule has 1 aliphatic heterocycles. The van der Waals surface area contributed by atoms with Gasteiger partial charge in [-0.2, -0.15) is 0 Å². The topological polar surface area (TPSA) is 41.6 Å². The fourth-order valence-electron chi connectivity index (χ4n) is 1.96. The molecule has 1 atom stereocenters. The van der Waals surface area contributed by atoms with E-state index in [4.69, 9.17) is 4.74 Å². The number of ether oxygens (including phenoxy) is 1. The Kier molecular flexibility index (Phi) is 4.33. The molecule has 1 heterocycles. The molecule has 0 spiro atoms. The van der Waals surface area contributed by atoms with E-state index in [1.165, 1.54) is 0 Å². The monoisotopic (exact) mass is 228 g/mol. The number of nitrogens with zero attached hydrogens (tertiary/aromatic N) is 1. The lowest BCUT2D eigenvalue weighted by Gasteiger charge is -2.37. The second-order valence-electron chi connectivity index (χ2n) is 5.54. The Hall–Kier alpha value is -0.610. The van der Waals surface area contributed by atoms with Gasteiger partial charge in [-0.1, -0.05) is 13.8 Å². The first kappa shape index (κ1) is 13.5. The number of hydrogen-bond acceptors (Lipinski definition) is 3. The third-order valence-corrected chi connectivity index (χ3v) is 3.29. The molecule has 0 radical (unpaired) electrons. The lowest BCUT2D eigenvalue weighted by Crippen LogP contribution is -2.54. The van der Waals surface area contributed by atoms with Gasteiger partial charge in [-0.05, 0) is 26.9 Å². The number of likely N-dealkylation sites (N-methyl/N-ethyl adjacent to an activating group) is 1. The van der Waals surface area contributed by atoms with E-state index < -0.39 is 0 Å². The van der Waals surface area contributed by atoms with E-state index in [0.29, 0.717) is 31.7 Å². The summed E-state index contributed by atoms with van der Waals surface area (Å²) in [4.78, 5) is 14.0. The summed E-state index contributed by atoms with van der Waals surface area (Å²) in [6.45, 7) is 8.10. The molecule has 1 rings (SSSR count). The van der Waals surface area contributed by atoms with E-state index in [9.17, 15) is 4.79 Å². The van der Waals surface area contributed by atoms with Crippen LogP contribution in [0.2, 0.25) is 0 Å². The van der Waals surface area contributed by atoms with E-state index >= 15 is 0 Å². The Labute approximate surface area is 98.3 Å². The maximum Gasteiger partial charge on any atom is 0.230 e. The van der Waals surface area contributed by atoms with Crippen molar-refractivity contribution in [1.82, 2.24) is 10.2 Å². The van der Waals surface area contributed by atoms with Crippen LogP contribution in [0.3, 0.4) is 0 Å². The number of rotatable bonds is 5. The smallest absolute Gasteiger partial charge is 0.230 e. The maximum atomic E-state index is 11.9. The highest BCUT2D eigenvalue weighted by Gasteiger charge is 2.41. The third kappa shape index (κ3) is 2.95. The van der Waals surface area contributed by atoms with Crippen molar-refractivity contribution in [2.45, 2.75) is 26.8 Å². The van der Waals surface area contributed by atoms with E-state index in [1.54, 1.807) is 0 Å². The van der Waals surface area contributed by atoms with Crippen LogP contribution in [0.4, 0.5) is 0 Å². The van der Waals surface area contributed by atoms with E-state index in [1.807, 2.05) is 21.0 Å². The average Bonchev–Trinajstić information content (AvgIpc) is 2.12. The Bertz CT molecular complexity index is 239. The first-order valence-electron chi connectivity index (χ1n) is 5.89. The predicted molar refractivity (Wildman–Crippen MR) is 64.2 cm³/mol. The minimum Gasteiger partial charge on any atom is -0.379 e. The van der Waals surface area contributed by atoms with Gasteiger partial charge in [0.15, 0.2) is 0 Å². The molecule has 16 heavy (non-hydrogen) atoms. The highest BCUT2D eigenvalue weighted by atomic mass is 16.5. The van der Waals surface area contributed by atoms with Crippen molar-refractivity contribution in [3.8, 4) is 0 Å². The van der Waals surface area contributed by atoms with Crippen molar-refractivity contribution in [3.05, 3.63) is 0 Å². The molecule has 0 aliphatic carbocycles. The van der Waals surface area contributed by atoms with Gasteiger partial charge in [0.05, 0.1) is 18.6 Å². The number of hydrogen-bond donors (Lipinski definition) is 1. The molecule has 0 aromatic rings. The van der Waals surface area contributed by atoms with Crippen LogP contribution in [0, 0.1) is 11.3 Å². The zero-order valence-electron chi connectivity index (χ0n) is 11.0. The summed E-state index contributed by atoms with van der Waals surface area (Å²) in [5, 5.41) is 3.03. The highest BCUT2D eigenvalue weighted by molar-refractivity contribution is 5.83. The van der Waals surface area contributed by atoms with Crippen molar-refractivity contribution in [2.24, 2.45) is 11.3 Å². The maximum absolute atomic E-state index is 11.9. The molecule has 0 aromatic carbocycles. The number of carbonyl (C=O) groups excluding carboxylic acids is 1. The standard InChI is InChI=1S/C12H24N2O2/c1-9(2)10(14(4)5)6-13-11(15)12(3)7-16-8-12/h9-10H,6-8H2,1-5H3,(H,13,15)/t10-/m0/s1. The van der Waals surface area contributed by atoms with Gasteiger partial charge in [0, 0.05) is 12.6 Å². The van der Waals surface area contributed by atoms with Gasteiger partial charge in [0.25, 0.3) is 0 Å². The summed E-state index contributed by atoms with van der Waals surface area (Å²) < 4.78 is 5.09. The predicted octanol–water partition coefficient (Wildman–Crippen LogP) is 0.725. The third-order valence-electron chi connectivity index (χ3n) is 3.29. The Morgan fingerprint density at radius 2 is 2.00 bits per heavy atom. The van der Waals surface area contributed by atoms with Crippen LogP contribution < -0.4 is 5.32 Å². The summed E-state index contributed by atoms with van der Waals surface area (Å²) in [6.07, 6.45) is 0. The van der Waals surface area contributed by atoms with Crippen molar-refractivity contribution < 1.29 is 9.53 Å². The lowest BCUT2D eigenvalue weighted by atomic mass is 9.87. The molecule has 0 aromatic heterocycles. The summed E-state index contributed by atoms with van der Waals surface area (Å²) in [5.74, 6) is 0.645. The fourth-order valence-corrected chi connectivity index (χ4v) is 1.96. The van der Waals surface area contributed by atoms with Crippen LogP contribution in [-0.2, 0) is 9.53 Å². The van der Waals surface area contributed by atoms with E-state index in [0.717, 1.165) is 0 Å². The quantitative estimate of drug-likeness (QED) is 0.754. The lowest BCUT2D eigenvalue weighted by molar-refractivity contribution is -0.157. The first-order valence-corrected chi connectivity index (χ1v) is 5.89. The van der Waals surface area contributed by atoms with Gasteiger partial charge in [-0.25, -0.2) is 0 Å². The number of amides is 1. The van der Waals surface area contributed by atoms with Crippen molar-refractivity contribution in [2.75, 3.05) is 33.9 Å². The minimum atomic E-state index is -0.298. The normalized spacial score (nSPS) is 20.7. The zero-order chi connectivity index (χ0) is 12.3. The summed E-state index contributed by atoms with van der Waals surface area (Å²) in [7, 11) is 4.09. The van der Waals surface area contributed by atoms with Crippen LogP contribution >= 0.6 is 0 Å². The molecule has 1 N–H and O–H groups in total.